The lowest BCUT2D eigenvalue weighted by atomic mass is 10.1. The van der Waals surface area contributed by atoms with Crippen molar-refractivity contribution >= 4 is 5.69 Å². The minimum atomic E-state index is 0.560. The molecule has 0 saturated carbocycles. The molecule has 0 aliphatic rings. The van der Waals surface area contributed by atoms with Crippen molar-refractivity contribution in [3.05, 3.63) is 29.7 Å². The van der Waals surface area contributed by atoms with E-state index in [1.165, 1.54) is 0 Å². The first-order valence-electron chi connectivity index (χ1n) is 4.89. The summed E-state index contributed by atoms with van der Waals surface area (Å²) in [4.78, 5) is 0. The van der Waals surface area contributed by atoms with Crippen LogP contribution in [0.4, 0.5) is 5.69 Å². The molecule has 0 spiro atoms. The summed E-state index contributed by atoms with van der Waals surface area (Å²) in [6, 6.07) is 5.63. The second-order valence-corrected chi connectivity index (χ2v) is 3.43. The Morgan fingerprint density at radius 1 is 1.33 bits per heavy atom. The number of anilines is 1. The predicted molar refractivity (Wildman–Crippen MR) is 58.3 cm³/mol. The van der Waals surface area contributed by atoms with Crippen molar-refractivity contribution in [2.45, 2.75) is 20.3 Å². The highest BCUT2D eigenvalue weighted by Gasteiger charge is 2.09. The summed E-state index contributed by atoms with van der Waals surface area (Å²) in [5, 5.41) is 7.92. The summed E-state index contributed by atoms with van der Waals surface area (Å²) in [6.45, 7) is 3.95. The molecular formula is C11H13N3O. The number of nitrogens with zero attached hydrogens (tertiary/aromatic N) is 2. The molecule has 78 valence electrons. The molecule has 0 bridgehead atoms. The Morgan fingerprint density at radius 2 is 2.13 bits per heavy atom. The van der Waals surface area contributed by atoms with Gasteiger partial charge in [0.25, 0.3) is 0 Å². The number of hydrogen-bond acceptors (Lipinski definition) is 4. The molecule has 0 aliphatic heterocycles. The predicted octanol–water partition coefficient (Wildman–Crippen LogP) is 2.19. The summed E-state index contributed by atoms with van der Waals surface area (Å²) in [7, 11) is 0. The highest BCUT2D eigenvalue weighted by atomic mass is 16.4. The van der Waals surface area contributed by atoms with Gasteiger partial charge in [0, 0.05) is 17.7 Å². The molecule has 0 atom stereocenters. The molecule has 1 aromatic heterocycles. The Balaban J connectivity index is 2.44. The molecule has 0 amide bonds. The van der Waals surface area contributed by atoms with Crippen molar-refractivity contribution in [3.63, 3.8) is 0 Å². The van der Waals surface area contributed by atoms with Gasteiger partial charge in [-0.3, -0.25) is 0 Å². The standard InChI is InChI=1S/C11H13N3O/c1-3-10-13-14-11(15-10)9-5-4-8(12)6-7(9)2/h4-6H,3,12H2,1-2H3. The first-order valence-corrected chi connectivity index (χ1v) is 4.89. The van der Waals surface area contributed by atoms with Crippen molar-refractivity contribution in [2.75, 3.05) is 5.73 Å². The average Bonchev–Trinajstić information content (AvgIpc) is 2.66. The second kappa shape index (κ2) is 3.73. The molecule has 1 aromatic carbocycles. The number of benzene rings is 1. The zero-order chi connectivity index (χ0) is 10.8. The fourth-order valence-corrected chi connectivity index (χ4v) is 1.43. The number of nitrogens with two attached hydrogens (primary N) is 1. The van der Waals surface area contributed by atoms with Crippen LogP contribution in [0.25, 0.3) is 11.5 Å². The van der Waals surface area contributed by atoms with E-state index in [1.807, 2.05) is 32.0 Å². The fraction of sp³-hybridized carbons (Fsp3) is 0.273. The van der Waals surface area contributed by atoms with Gasteiger partial charge in [-0.1, -0.05) is 6.92 Å². The van der Waals surface area contributed by atoms with Gasteiger partial charge in [-0.25, -0.2) is 0 Å². The molecule has 4 nitrogen and oxygen atoms in total. The minimum absolute atomic E-state index is 0.560. The summed E-state index contributed by atoms with van der Waals surface area (Å²) in [5.74, 6) is 1.21. The largest absolute Gasteiger partial charge is 0.421 e. The summed E-state index contributed by atoms with van der Waals surface area (Å²) in [6.07, 6.45) is 0.751. The summed E-state index contributed by atoms with van der Waals surface area (Å²) in [5.41, 5.74) is 8.40. The molecule has 0 saturated heterocycles. The highest BCUT2D eigenvalue weighted by Crippen LogP contribution is 2.23. The fourth-order valence-electron chi connectivity index (χ4n) is 1.43. The molecule has 15 heavy (non-hydrogen) atoms. The van der Waals surface area contributed by atoms with Gasteiger partial charge >= 0.3 is 0 Å². The van der Waals surface area contributed by atoms with E-state index < -0.39 is 0 Å². The quantitative estimate of drug-likeness (QED) is 0.760. The molecule has 0 unspecified atom stereocenters. The summed E-state index contributed by atoms with van der Waals surface area (Å²) >= 11 is 0. The summed E-state index contributed by atoms with van der Waals surface area (Å²) < 4.78 is 5.48. The Bertz CT molecular complexity index is 476. The van der Waals surface area contributed by atoms with E-state index in [2.05, 4.69) is 10.2 Å². The molecule has 2 rings (SSSR count). The lowest BCUT2D eigenvalue weighted by molar-refractivity contribution is 0.512. The molecule has 1 heterocycles. The van der Waals surface area contributed by atoms with E-state index in [1.54, 1.807) is 0 Å². The van der Waals surface area contributed by atoms with Crippen molar-refractivity contribution in [3.8, 4) is 11.5 Å². The van der Waals surface area contributed by atoms with Gasteiger partial charge in [0.1, 0.15) is 0 Å². The molecule has 4 heteroatoms. The number of hydrogen-bond donors (Lipinski definition) is 1. The molecule has 0 aliphatic carbocycles. The van der Waals surface area contributed by atoms with Crippen LogP contribution >= 0.6 is 0 Å². The molecular weight excluding hydrogens is 190 g/mol. The zero-order valence-electron chi connectivity index (χ0n) is 8.82. The van der Waals surface area contributed by atoms with E-state index in [4.69, 9.17) is 10.2 Å². The van der Waals surface area contributed by atoms with E-state index in [0.717, 1.165) is 23.2 Å². The van der Waals surface area contributed by atoms with Gasteiger partial charge in [0.15, 0.2) is 0 Å². The third-order valence-corrected chi connectivity index (χ3v) is 2.25. The van der Waals surface area contributed by atoms with E-state index in [0.29, 0.717) is 11.8 Å². The zero-order valence-corrected chi connectivity index (χ0v) is 8.82. The van der Waals surface area contributed by atoms with Crippen molar-refractivity contribution in [1.29, 1.82) is 0 Å². The Hall–Kier alpha value is -1.84. The van der Waals surface area contributed by atoms with Gasteiger partial charge < -0.3 is 10.2 Å². The van der Waals surface area contributed by atoms with E-state index in [9.17, 15) is 0 Å². The monoisotopic (exact) mass is 203 g/mol. The Labute approximate surface area is 88.1 Å². The van der Waals surface area contributed by atoms with E-state index >= 15 is 0 Å². The average molecular weight is 203 g/mol. The number of aromatic nitrogens is 2. The van der Waals surface area contributed by atoms with Crippen LogP contribution in [-0.2, 0) is 6.42 Å². The Morgan fingerprint density at radius 3 is 2.73 bits per heavy atom. The van der Waals surface area contributed by atoms with Crippen LogP contribution < -0.4 is 5.73 Å². The normalized spacial score (nSPS) is 10.5. The van der Waals surface area contributed by atoms with Gasteiger partial charge in [-0.05, 0) is 30.7 Å². The maximum atomic E-state index is 5.67. The number of nitrogen functional groups attached to an aromatic ring is 1. The Kier molecular flexibility index (Phi) is 2.41. The molecule has 0 fully saturated rings. The van der Waals surface area contributed by atoms with Crippen molar-refractivity contribution in [1.82, 2.24) is 10.2 Å². The number of rotatable bonds is 2. The molecule has 2 N–H and O–H groups in total. The van der Waals surface area contributed by atoms with Gasteiger partial charge in [0.2, 0.25) is 11.8 Å². The van der Waals surface area contributed by atoms with Crippen LogP contribution in [0.2, 0.25) is 0 Å². The number of aryl methyl sites for hydroxylation is 2. The topological polar surface area (TPSA) is 64.9 Å². The van der Waals surface area contributed by atoms with Gasteiger partial charge in [0.05, 0.1) is 0 Å². The van der Waals surface area contributed by atoms with Crippen molar-refractivity contribution < 1.29 is 4.42 Å². The third kappa shape index (κ3) is 1.83. The first kappa shape index (κ1) is 9.71. The lowest BCUT2D eigenvalue weighted by Gasteiger charge is -2.01. The molecule has 2 aromatic rings. The maximum Gasteiger partial charge on any atom is 0.248 e. The van der Waals surface area contributed by atoms with Crippen LogP contribution in [0.1, 0.15) is 18.4 Å². The maximum absolute atomic E-state index is 5.67. The van der Waals surface area contributed by atoms with Crippen LogP contribution in [0.5, 0.6) is 0 Å². The SMILES string of the molecule is CCc1nnc(-c2ccc(N)cc2C)o1. The lowest BCUT2D eigenvalue weighted by Crippen LogP contribution is -1.88. The second-order valence-electron chi connectivity index (χ2n) is 3.43. The van der Waals surface area contributed by atoms with E-state index in [-0.39, 0.29) is 0 Å². The minimum Gasteiger partial charge on any atom is -0.421 e. The van der Waals surface area contributed by atoms with Crippen LogP contribution in [-0.4, -0.2) is 10.2 Å². The van der Waals surface area contributed by atoms with Gasteiger partial charge in [-0.15, -0.1) is 10.2 Å². The van der Waals surface area contributed by atoms with Gasteiger partial charge in [-0.2, -0.15) is 0 Å². The van der Waals surface area contributed by atoms with Crippen LogP contribution in [0.15, 0.2) is 22.6 Å². The van der Waals surface area contributed by atoms with Crippen molar-refractivity contribution in [2.24, 2.45) is 0 Å². The smallest absolute Gasteiger partial charge is 0.248 e. The third-order valence-electron chi connectivity index (χ3n) is 2.25. The highest BCUT2D eigenvalue weighted by molar-refractivity contribution is 5.62. The first-order chi connectivity index (χ1) is 7.20. The van der Waals surface area contributed by atoms with Crippen LogP contribution in [0, 0.1) is 6.92 Å². The van der Waals surface area contributed by atoms with Crippen LogP contribution in [0.3, 0.4) is 0 Å². The molecule has 0 radical (unpaired) electrons.